The minimum absolute atomic E-state index is 0. The van der Waals surface area contributed by atoms with Crippen molar-refractivity contribution in [3.63, 3.8) is 0 Å². The minimum atomic E-state index is -0.157. The number of aliphatic hydroxyl groups excluding tert-OH is 1. The Kier molecular flexibility index (Phi) is 9.46. The molecule has 3 radical (unpaired) electrons. The molecule has 0 saturated heterocycles. The Hall–Kier alpha value is 0.379. The Labute approximate surface area is 68.3 Å². The molecule has 0 aromatic heterocycles. The molecule has 0 aromatic carbocycles. The average molecular weight is 171 g/mol. The molecule has 4 heteroatoms. The fourth-order valence-corrected chi connectivity index (χ4v) is 0.0304. The van der Waals surface area contributed by atoms with Crippen molar-refractivity contribution >= 4 is 14.1 Å². The third kappa shape index (κ3) is 6.38. The van der Waals surface area contributed by atoms with E-state index in [1.54, 1.807) is 0 Å². The molecule has 33 valence electrons. The van der Waals surface area contributed by atoms with Gasteiger partial charge in [-0.25, -0.2) is 0 Å². The molecule has 0 rings (SSSR count). The molecular formula is C3H3BO2Y. The maximum Gasteiger partial charge on any atom is 0.138 e. The molecule has 0 aliphatic rings. The molecule has 0 aromatic rings. The van der Waals surface area contributed by atoms with Crippen LogP contribution >= 0.6 is 0 Å². The van der Waals surface area contributed by atoms with Crippen LogP contribution in [0.5, 0.6) is 0 Å². The summed E-state index contributed by atoms with van der Waals surface area (Å²) in [4.78, 5) is 9.38. The van der Waals surface area contributed by atoms with Crippen molar-refractivity contribution in [3.05, 3.63) is 11.7 Å². The van der Waals surface area contributed by atoms with E-state index in [9.17, 15) is 4.79 Å². The van der Waals surface area contributed by atoms with Crippen LogP contribution in [-0.4, -0.2) is 19.2 Å². The molecule has 0 amide bonds. The quantitative estimate of drug-likeness (QED) is 0.255. The summed E-state index contributed by atoms with van der Waals surface area (Å²) in [5, 5.41) is 7.82. The summed E-state index contributed by atoms with van der Waals surface area (Å²) in [6, 6.07) is 0. The first-order valence-corrected chi connectivity index (χ1v) is 1.36. The van der Waals surface area contributed by atoms with Crippen molar-refractivity contribution in [2.24, 2.45) is 0 Å². The SMILES string of the molecule is [B]/C(C=O)=C/O.[Y]. The van der Waals surface area contributed by atoms with E-state index in [4.69, 9.17) is 13.0 Å². The van der Waals surface area contributed by atoms with Crippen molar-refractivity contribution in [2.75, 3.05) is 0 Å². The Morgan fingerprint density at radius 2 is 2.14 bits per heavy atom. The summed E-state index contributed by atoms with van der Waals surface area (Å²) in [5.41, 5.74) is -0.157. The molecule has 0 heterocycles. The summed E-state index contributed by atoms with van der Waals surface area (Å²) in [6.45, 7) is 0. The number of aliphatic hydroxyl groups is 1. The number of carbonyl (C=O) groups is 1. The van der Waals surface area contributed by atoms with Gasteiger partial charge in [0.05, 0.1) is 6.26 Å². The van der Waals surface area contributed by atoms with E-state index >= 15 is 0 Å². The molecule has 0 unspecified atom stereocenters. The first-order chi connectivity index (χ1) is 2.81. The molecular weight excluding hydrogens is 168 g/mol. The number of hydrogen-bond donors (Lipinski definition) is 1. The van der Waals surface area contributed by atoms with Gasteiger partial charge in [0.1, 0.15) is 14.1 Å². The van der Waals surface area contributed by atoms with Gasteiger partial charge < -0.3 is 5.11 Å². The van der Waals surface area contributed by atoms with Crippen LogP contribution in [0, 0.1) is 0 Å². The predicted molar refractivity (Wildman–Crippen MR) is 22.5 cm³/mol. The molecule has 0 aliphatic heterocycles. The number of carbonyl (C=O) groups excluding carboxylic acids is 1. The summed E-state index contributed by atoms with van der Waals surface area (Å²) >= 11 is 0. The zero-order valence-corrected chi connectivity index (χ0v) is 6.50. The monoisotopic (exact) mass is 171 g/mol. The zero-order chi connectivity index (χ0) is 4.99. The molecule has 2 nitrogen and oxygen atoms in total. The molecule has 1 N–H and O–H groups in total. The van der Waals surface area contributed by atoms with Crippen LogP contribution in [0.3, 0.4) is 0 Å². The smallest absolute Gasteiger partial charge is 0.138 e. The van der Waals surface area contributed by atoms with E-state index in [0.717, 1.165) is 0 Å². The number of rotatable bonds is 1. The fourth-order valence-electron chi connectivity index (χ4n) is 0.0304. The van der Waals surface area contributed by atoms with Crippen LogP contribution in [0.2, 0.25) is 0 Å². The van der Waals surface area contributed by atoms with Crippen molar-refractivity contribution in [1.82, 2.24) is 0 Å². The summed E-state index contributed by atoms with van der Waals surface area (Å²) in [5.74, 6) is 0. The molecule has 0 atom stereocenters. The standard InChI is InChI=1S/C3H3BO2.Y/c4-3(1-5)2-6;/h1-2,5H;/b3-1+;. The first kappa shape index (κ1) is 10.4. The normalized spacial score (nSPS) is 9.43. The van der Waals surface area contributed by atoms with Gasteiger partial charge in [-0.15, -0.1) is 0 Å². The second-order valence-electron chi connectivity index (χ2n) is 0.747. The van der Waals surface area contributed by atoms with Crippen LogP contribution in [0.15, 0.2) is 11.7 Å². The third-order valence-corrected chi connectivity index (χ3v) is 0.285. The molecule has 7 heavy (non-hydrogen) atoms. The average Bonchev–Trinajstić information content (AvgIpc) is 1.65. The largest absolute Gasteiger partial charge is 0.516 e. The van der Waals surface area contributed by atoms with Gasteiger partial charge in [-0.3, -0.25) is 4.79 Å². The summed E-state index contributed by atoms with van der Waals surface area (Å²) in [7, 11) is 4.72. The third-order valence-electron chi connectivity index (χ3n) is 0.285. The van der Waals surface area contributed by atoms with E-state index in [1.807, 2.05) is 0 Å². The van der Waals surface area contributed by atoms with Crippen molar-refractivity contribution in [3.8, 4) is 0 Å². The molecule has 0 fully saturated rings. The maximum atomic E-state index is 9.38. The Bertz CT molecular complexity index is 81.0. The topological polar surface area (TPSA) is 37.3 Å². The first-order valence-electron chi connectivity index (χ1n) is 1.36. The zero-order valence-electron chi connectivity index (χ0n) is 3.66. The van der Waals surface area contributed by atoms with Gasteiger partial charge >= 0.3 is 0 Å². The number of hydrogen-bond acceptors (Lipinski definition) is 2. The van der Waals surface area contributed by atoms with Crippen molar-refractivity contribution in [2.45, 2.75) is 0 Å². The van der Waals surface area contributed by atoms with E-state index in [0.29, 0.717) is 12.5 Å². The van der Waals surface area contributed by atoms with Crippen molar-refractivity contribution in [1.29, 1.82) is 0 Å². The van der Waals surface area contributed by atoms with E-state index < -0.39 is 0 Å². The molecule has 0 aliphatic carbocycles. The van der Waals surface area contributed by atoms with E-state index in [1.165, 1.54) is 0 Å². The Balaban J connectivity index is 0. The summed E-state index contributed by atoms with van der Waals surface area (Å²) in [6.07, 6.45) is 0.910. The van der Waals surface area contributed by atoms with Gasteiger partial charge in [0.25, 0.3) is 0 Å². The van der Waals surface area contributed by atoms with Crippen molar-refractivity contribution < 1.29 is 42.6 Å². The second-order valence-corrected chi connectivity index (χ2v) is 0.747. The van der Waals surface area contributed by atoms with Crippen LogP contribution < -0.4 is 0 Å². The van der Waals surface area contributed by atoms with Crippen LogP contribution in [-0.2, 0) is 37.5 Å². The van der Waals surface area contributed by atoms with Gasteiger partial charge in [-0.2, -0.15) is 0 Å². The van der Waals surface area contributed by atoms with Gasteiger partial charge in [0, 0.05) is 32.7 Å². The van der Waals surface area contributed by atoms with Gasteiger partial charge in [0.2, 0.25) is 0 Å². The molecule has 0 saturated carbocycles. The molecule has 0 spiro atoms. The van der Waals surface area contributed by atoms with Crippen LogP contribution in [0.25, 0.3) is 0 Å². The minimum Gasteiger partial charge on any atom is -0.516 e. The van der Waals surface area contributed by atoms with Crippen LogP contribution in [0.4, 0.5) is 0 Å². The van der Waals surface area contributed by atoms with Gasteiger partial charge in [-0.1, -0.05) is 0 Å². The Morgan fingerprint density at radius 3 is 2.14 bits per heavy atom. The van der Waals surface area contributed by atoms with Crippen LogP contribution in [0.1, 0.15) is 0 Å². The fraction of sp³-hybridized carbons (Fsp3) is 0. The number of allylic oxidation sites excluding steroid dienone is 1. The van der Waals surface area contributed by atoms with Gasteiger partial charge in [-0.05, 0) is 5.47 Å². The van der Waals surface area contributed by atoms with E-state index in [2.05, 4.69) is 0 Å². The Morgan fingerprint density at radius 1 is 1.71 bits per heavy atom. The second kappa shape index (κ2) is 6.38. The maximum absolute atomic E-state index is 9.38. The molecule has 0 bridgehead atoms. The van der Waals surface area contributed by atoms with E-state index in [-0.39, 0.29) is 38.2 Å². The predicted octanol–water partition coefficient (Wildman–Crippen LogP) is -0.249. The van der Waals surface area contributed by atoms with Gasteiger partial charge in [0.15, 0.2) is 0 Å². The number of aldehydes is 1. The summed E-state index contributed by atoms with van der Waals surface area (Å²) < 4.78 is 0.